The molecule has 0 amide bonds. The third-order valence-electron chi connectivity index (χ3n) is 3.13. The van der Waals surface area contributed by atoms with E-state index in [1.807, 2.05) is 24.3 Å². The van der Waals surface area contributed by atoms with E-state index in [1.165, 1.54) is 0 Å². The molecule has 0 radical (unpaired) electrons. The molecular weight excluding hydrogens is 268 g/mol. The summed E-state index contributed by atoms with van der Waals surface area (Å²) in [5, 5.41) is 0. The minimum Gasteiger partial charge on any atom is -0.493 e. The standard InChI is InChI=1S/C15H20N4O2/c1-9(2)11-8-13(19-16)18-15(17-11)10-6-5-7-12(20-3)14(10)21-4/h5-9H,16H2,1-4H3,(H,17,18,19). The van der Waals surface area contributed by atoms with E-state index in [9.17, 15) is 0 Å². The fraction of sp³-hybridized carbons (Fsp3) is 0.333. The van der Waals surface area contributed by atoms with Crippen molar-refractivity contribution in [2.75, 3.05) is 19.6 Å². The van der Waals surface area contributed by atoms with Gasteiger partial charge in [0.05, 0.1) is 19.8 Å². The van der Waals surface area contributed by atoms with Crippen LogP contribution in [0.3, 0.4) is 0 Å². The highest BCUT2D eigenvalue weighted by atomic mass is 16.5. The first-order chi connectivity index (χ1) is 10.1. The fourth-order valence-electron chi connectivity index (χ4n) is 2.02. The van der Waals surface area contributed by atoms with Crippen LogP contribution in [0.1, 0.15) is 25.5 Å². The van der Waals surface area contributed by atoms with E-state index in [0.717, 1.165) is 11.3 Å². The predicted octanol–water partition coefficient (Wildman–Crippen LogP) is 2.57. The average Bonchev–Trinajstić information content (AvgIpc) is 2.53. The van der Waals surface area contributed by atoms with E-state index in [1.54, 1.807) is 14.2 Å². The summed E-state index contributed by atoms with van der Waals surface area (Å²) in [7, 11) is 3.19. The van der Waals surface area contributed by atoms with Gasteiger partial charge in [-0.05, 0) is 18.1 Å². The SMILES string of the molecule is COc1cccc(-c2nc(NN)cc(C(C)C)n2)c1OC. The zero-order valence-electron chi connectivity index (χ0n) is 12.7. The third-order valence-corrected chi connectivity index (χ3v) is 3.13. The first kappa shape index (κ1) is 15.1. The fourth-order valence-corrected chi connectivity index (χ4v) is 2.02. The molecule has 2 rings (SSSR count). The van der Waals surface area contributed by atoms with Crippen molar-refractivity contribution in [3.63, 3.8) is 0 Å². The number of nitrogens with two attached hydrogens (primary N) is 1. The molecular formula is C15H20N4O2. The Morgan fingerprint density at radius 2 is 1.90 bits per heavy atom. The van der Waals surface area contributed by atoms with Crippen LogP contribution < -0.4 is 20.7 Å². The van der Waals surface area contributed by atoms with Crippen molar-refractivity contribution in [3.05, 3.63) is 30.0 Å². The van der Waals surface area contributed by atoms with E-state index in [4.69, 9.17) is 15.3 Å². The van der Waals surface area contributed by atoms with Gasteiger partial charge < -0.3 is 14.9 Å². The lowest BCUT2D eigenvalue weighted by Gasteiger charge is -2.14. The lowest BCUT2D eigenvalue weighted by molar-refractivity contribution is 0.356. The van der Waals surface area contributed by atoms with Gasteiger partial charge in [0.1, 0.15) is 5.82 Å². The highest BCUT2D eigenvalue weighted by Gasteiger charge is 2.16. The van der Waals surface area contributed by atoms with E-state index < -0.39 is 0 Å². The molecule has 0 saturated carbocycles. The molecule has 0 spiro atoms. The van der Waals surface area contributed by atoms with Gasteiger partial charge in [-0.25, -0.2) is 15.8 Å². The molecule has 6 heteroatoms. The maximum absolute atomic E-state index is 5.50. The van der Waals surface area contributed by atoms with Crippen molar-refractivity contribution in [1.82, 2.24) is 9.97 Å². The van der Waals surface area contributed by atoms with Crippen molar-refractivity contribution in [2.45, 2.75) is 19.8 Å². The minimum atomic E-state index is 0.260. The molecule has 1 aromatic heterocycles. The number of benzene rings is 1. The summed E-state index contributed by atoms with van der Waals surface area (Å²) < 4.78 is 10.8. The van der Waals surface area contributed by atoms with Crippen LogP contribution in [-0.4, -0.2) is 24.2 Å². The van der Waals surface area contributed by atoms with E-state index >= 15 is 0 Å². The van der Waals surface area contributed by atoms with E-state index in [0.29, 0.717) is 23.1 Å². The molecule has 0 aliphatic rings. The number of nitrogen functional groups attached to an aromatic ring is 1. The number of hydrogen-bond acceptors (Lipinski definition) is 6. The van der Waals surface area contributed by atoms with Gasteiger partial charge in [0.2, 0.25) is 0 Å². The second kappa shape index (κ2) is 6.41. The number of hydrogen-bond donors (Lipinski definition) is 2. The summed E-state index contributed by atoms with van der Waals surface area (Å²) in [5.74, 6) is 8.10. The number of ether oxygens (including phenoxy) is 2. The lowest BCUT2D eigenvalue weighted by Crippen LogP contribution is -2.11. The number of rotatable bonds is 5. The highest BCUT2D eigenvalue weighted by molar-refractivity contribution is 5.69. The molecule has 0 bridgehead atoms. The normalized spacial score (nSPS) is 10.6. The largest absolute Gasteiger partial charge is 0.493 e. The molecule has 6 nitrogen and oxygen atoms in total. The Kier molecular flexibility index (Phi) is 4.59. The molecule has 21 heavy (non-hydrogen) atoms. The smallest absolute Gasteiger partial charge is 0.171 e. The van der Waals surface area contributed by atoms with Gasteiger partial charge in [0.25, 0.3) is 0 Å². The molecule has 2 aromatic rings. The number of aromatic nitrogens is 2. The van der Waals surface area contributed by atoms with Crippen molar-refractivity contribution in [1.29, 1.82) is 0 Å². The maximum atomic E-state index is 5.50. The second-order valence-electron chi connectivity index (χ2n) is 4.84. The van der Waals surface area contributed by atoms with Gasteiger partial charge in [-0.2, -0.15) is 0 Å². The van der Waals surface area contributed by atoms with Crippen LogP contribution in [0.5, 0.6) is 11.5 Å². The zero-order chi connectivity index (χ0) is 15.4. The minimum absolute atomic E-state index is 0.260. The van der Waals surface area contributed by atoms with Crippen LogP contribution in [0.2, 0.25) is 0 Å². The summed E-state index contributed by atoms with van der Waals surface area (Å²) in [6, 6.07) is 7.43. The molecule has 0 aliphatic heterocycles. The molecule has 0 saturated heterocycles. The number of para-hydroxylation sites is 1. The zero-order valence-corrected chi connectivity index (χ0v) is 12.7. The van der Waals surface area contributed by atoms with Gasteiger partial charge >= 0.3 is 0 Å². The predicted molar refractivity (Wildman–Crippen MR) is 82.5 cm³/mol. The Balaban J connectivity index is 2.63. The lowest BCUT2D eigenvalue weighted by atomic mass is 10.1. The van der Waals surface area contributed by atoms with Gasteiger partial charge in [0, 0.05) is 11.8 Å². The number of methoxy groups -OCH3 is 2. The van der Waals surface area contributed by atoms with Crippen LogP contribution in [0, 0.1) is 0 Å². The van der Waals surface area contributed by atoms with Crippen LogP contribution in [0.25, 0.3) is 11.4 Å². The summed E-state index contributed by atoms with van der Waals surface area (Å²) in [6.45, 7) is 4.13. The van der Waals surface area contributed by atoms with Crippen molar-refractivity contribution in [2.24, 2.45) is 5.84 Å². The Hall–Kier alpha value is -2.34. The molecule has 0 unspecified atom stereocenters. The second-order valence-corrected chi connectivity index (χ2v) is 4.84. The Morgan fingerprint density at radius 3 is 2.48 bits per heavy atom. The molecule has 1 heterocycles. The molecule has 3 N–H and O–H groups in total. The number of nitrogens with one attached hydrogen (secondary N) is 1. The van der Waals surface area contributed by atoms with Gasteiger partial charge in [-0.1, -0.05) is 19.9 Å². The van der Waals surface area contributed by atoms with Crippen LogP contribution in [0.4, 0.5) is 5.82 Å². The topological polar surface area (TPSA) is 82.3 Å². The van der Waals surface area contributed by atoms with E-state index in [-0.39, 0.29) is 5.92 Å². The van der Waals surface area contributed by atoms with Crippen molar-refractivity contribution >= 4 is 5.82 Å². The monoisotopic (exact) mass is 288 g/mol. The Bertz CT molecular complexity index is 629. The third kappa shape index (κ3) is 3.05. The average molecular weight is 288 g/mol. The van der Waals surface area contributed by atoms with E-state index in [2.05, 4.69) is 29.2 Å². The summed E-state index contributed by atoms with van der Waals surface area (Å²) >= 11 is 0. The quantitative estimate of drug-likeness (QED) is 0.650. The number of anilines is 1. The summed E-state index contributed by atoms with van der Waals surface area (Å²) in [4.78, 5) is 9.00. The Labute approximate surface area is 124 Å². The summed E-state index contributed by atoms with van der Waals surface area (Å²) in [6.07, 6.45) is 0. The first-order valence-electron chi connectivity index (χ1n) is 6.67. The number of hydrazine groups is 1. The van der Waals surface area contributed by atoms with Crippen molar-refractivity contribution < 1.29 is 9.47 Å². The van der Waals surface area contributed by atoms with Crippen LogP contribution >= 0.6 is 0 Å². The number of nitrogens with zero attached hydrogens (tertiary/aromatic N) is 2. The highest BCUT2D eigenvalue weighted by Crippen LogP contribution is 2.36. The maximum Gasteiger partial charge on any atom is 0.171 e. The van der Waals surface area contributed by atoms with Gasteiger partial charge in [0.15, 0.2) is 17.3 Å². The van der Waals surface area contributed by atoms with Crippen LogP contribution in [0.15, 0.2) is 24.3 Å². The molecule has 0 aliphatic carbocycles. The summed E-state index contributed by atoms with van der Waals surface area (Å²) in [5.41, 5.74) is 4.24. The molecule has 112 valence electrons. The molecule has 0 atom stereocenters. The van der Waals surface area contributed by atoms with Gasteiger partial charge in [-0.3, -0.25) is 0 Å². The first-order valence-corrected chi connectivity index (χ1v) is 6.67. The van der Waals surface area contributed by atoms with Crippen molar-refractivity contribution in [3.8, 4) is 22.9 Å². The van der Waals surface area contributed by atoms with Crippen LogP contribution in [-0.2, 0) is 0 Å². The Morgan fingerprint density at radius 1 is 1.14 bits per heavy atom. The molecule has 1 aromatic carbocycles. The van der Waals surface area contributed by atoms with Gasteiger partial charge in [-0.15, -0.1) is 0 Å². The molecule has 0 fully saturated rings.